The first-order valence-corrected chi connectivity index (χ1v) is 13.1. The highest BCUT2D eigenvalue weighted by molar-refractivity contribution is 6.30. The van der Waals surface area contributed by atoms with Crippen molar-refractivity contribution in [2.45, 2.75) is 38.6 Å². The second-order valence-corrected chi connectivity index (χ2v) is 10.5. The first-order chi connectivity index (χ1) is 17.1. The second-order valence-electron chi connectivity index (χ2n) is 9.63. The molecular weight excluding hydrogens is 497 g/mol. The zero-order valence-electron chi connectivity index (χ0n) is 21.8. The lowest BCUT2D eigenvalue weighted by Crippen LogP contribution is -2.39. The molecule has 1 saturated heterocycles. The summed E-state index contributed by atoms with van der Waals surface area (Å²) in [5, 5.41) is 4.57. The molecular formula is C28H39Cl2N3O3. The van der Waals surface area contributed by atoms with E-state index in [1.54, 1.807) is 0 Å². The Morgan fingerprint density at radius 1 is 1.11 bits per heavy atom. The summed E-state index contributed by atoms with van der Waals surface area (Å²) >= 11 is 11.7. The summed E-state index contributed by atoms with van der Waals surface area (Å²) in [6.45, 7) is 5.64. The number of amides is 1. The van der Waals surface area contributed by atoms with Crippen molar-refractivity contribution >= 4 is 35.1 Å². The van der Waals surface area contributed by atoms with Crippen LogP contribution in [0.25, 0.3) is 0 Å². The van der Waals surface area contributed by atoms with Gasteiger partial charge < -0.3 is 19.9 Å². The number of ether oxygens (including phenoxy) is 1. The molecule has 36 heavy (non-hydrogen) atoms. The molecule has 0 aliphatic carbocycles. The van der Waals surface area contributed by atoms with Gasteiger partial charge in [0.05, 0.1) is 13.5 Å². The molecule has 0 aromatic heterocycles. The van der Waals surface area contributed by atoms with Gasteiger partial charge >= 0.3 is 5.97 Å². The Morgan fingerprint density at radius 2 is 1.69 bits per heavy atom. The van der Waals surface area contributed by atoms with Crippen LogP contribution in [0.4, 0.5) is 0 Å². The van der Waals surface area contributed by atoms with E-state index in [1.807, 2.05) is 43.4 Å². The van der Waals surface area contributed by atoms with E-state index in [1.165, 1.54) is 18.2 Å². The number of carbonyl (C=O) groups is 2. The average molecular weight is 537 g/mol. The summed E-state index contributed by atoms with van der Waals surface area (Å²) in [5.41, 5.74) is 2.49. The Bertz CT molecular complexity index is 938. The molecule has 3 rings (SSSR count). The van der Waals surface area contributed by atoms with E-state index in [4.69, 9.17) is 23.2 Å². The molecule has 0 spiro atoms. The van der Waals surface area contributed by atoms with E-state index in [9.17, 15) is 9.59 Å². The number of benzene rings is 2. The number of carbonyl (C=O) groups excluding carboxylic acids is 2. The molecule has 198 valence electrons. The Hall–Kier alpha value is -2.12. The van der Waals surface area contributed by atoms with Crippen LogP contribution < -0.4 is 5.32 Å². The van der Waals surface area contributed by atoms with Crippen molar-refractivity contribution in [1.82, 2.24) is 15.1 Å². The van der Waals surface area contributed by atoms with Crippen LogP contribution in [0.15, 0.2) is 48.5 Å². The Morgan fingerprint density at radius 3 is 2.28 bits per heavy atom. The number of nitrogens with zero attached hydrogens (tertiary/aromatic N) is 2. The van der Waals surface area contributed by atoms with Crippen LogP contribution in [0.2, 0.25) is 10.0 Å². The lowest BCUT2D eigenvalue weighted by atomic mass is 10.0. The molecule has 1 aliphatic rings. The van der Waals surface area contributed by atoms with Crippen LogP contribution in [0.5, 0.6) is 0 Å². The summed E-state index contributed by atoms with van der Waals surface area (Å²) in [7, 11) is 5.50. The van der Waals surface area contributed by atoms with E-state index in [2.05, 4.69) is 46.0 Å². The van der Waals surface area contributed by atoms with E-state index in [-0.39, 0.29) is 17.9 Å². The summed E-state index contributed by atoms with van der Waals surface area (Å²) in [5.74, 6) is 0.523. The predicted octanol–water partition coefficient (Wildman–Crippen LogP) is 4.72. The van der Waals surface area contributed by atoms with Gasteiger partial charge in [-0.15, -0.1) is 0 Å². The molecule has 1 aliphatic heterocycles. The zero-order chi connectivity index (χ0) is 26.5. The third-order valence-electron chi connectivity index (χ3n) is 6.06. The van der Waals surface area contributed by atoms with Gasteiger partial charge in [0, 0.05) is 48.7 Å². The van der Waals surface area contributed by atoms with Gasteiger partial charge in [0.1, 0.15) is 0 Å². The molecule has 8 heteroatoms. The molecule has 2 atom stereocenters. The largest absolute Gasteiger partial charge is 0.469 e. The second kappa shape index (κ2) is 15.9. The first kappa shape index (κ1) is 30.1. The van der Waals surface area contributed by atoms with Crippen molar-refractivity contribution in [1.29, 1.82) is 0 Å². The molecule has 1 heterocycles. The quantitative estimate of drug-likeness (QED) is 0.471. The highest BCUT2D eigenvalue weighted by Gasteiger charge is 2.19. The number of nitrogens with one attached hydrogen (secondary N) is 1. The summed E-state index contributed by atoms with van der Waals surface area (Å²) < 4.78 is 4.63. The predicted molar refractivity (Wildman–Crippen MR) is 148 cm³/mol. The molecule has 0 bridgehead atoms. The lowest BCUT2D eigenvalue weighted by Gasteiger charge is -2.20. The minimum atomic E-state index is -0.155. The maximum atomic E-state index is 11.5. The Balaban J connectivity index is 0.000000255. The molecule has 2 aromatic rings. The zero-order valence-corrected chi connectivity index (χ0v) is 23.3. The molecule has 2 aromatic carbocycles. The molecule has 0 radical (unpaired) electrons. The fraction of sp³-hybridized carbons (Fsp3) is 0.500. The number of halogens is 2. The smallest absolute Gasteiger partial charge is 0.306 e. The molecule has 6 nitrogen and oxygen atoms in total. The van der Waals surface area contributed by atoms with Gasteiger partial charge in [0.25, 0.3) is 0 Å². The molecule has 1 fully saturated rings. The van der Waals surface area contributed by atoms with Crippen molar-refractivity contribution in [3.05, 3.63) is 69.7 Å². The Labute approximate surface area is 225 Å². The molecule has 0 saturated carbocycles. The maximum Gasteiger partial charge on any atom is 0.306 e. The highest BCUT2D eigenvalue weighted by atomic mass is 35.5. The number of esters is 1. The van der Waals surface area contributed by atoms with Gasteiger partial charge in [-0.25, -0.2) is 0 Å². The van der Waals surface area contributed by atoms with Gasteiger partial charge in [-0.05, 0) is 68.2 Å². The number of hydrogen-bond acceptors (Lipinski definition) is 5. The van der Waals surface area contributed by atoms with Crippen molar-refractivity contribution in [2.75, 3.05) is 47.4 Å². The van der Waals surface area contributed by atoms with Crippen LogP contribution in [-0.2, 0) is 27.2 Å². The molecule has 1 N–H and O–H groups in total. The number of hydrogen-bond donors (Lipinski definition) is 1. The van der Waals surface area contributed by atoms with Crippen LogP contribution in [0.1, 0.15) is 30.9 Å². The standard InChI is InChI=1S/C15H22ClNO2.C13H17ClN2O/c1-12(10-13-4-6-14(16)7-5-13)11-17(2)9-8-15(18)19-3;1-16-7-6-13(17)15-12(9-16)8-10-2-4-11(14)5-3-10/h4-7,12H,8-11H2,1-3H3;2-5,12H,6-9H2,1H3,(H,15,17)/t;12-/m.0/s1. The van der Waals surface area contributed by atoms with E-state index in [0.717, 1.165) is 49.1 Å². The topological polar surface area (TPSA) is 61.9 Å². The third-order valence-corrected chi connectivity index (χ3v) is 6.56. The van der Waals surface area contributed by atoms with Gasteiger partial charge in [-0.2, -0.15) is 0 Å². The third kappa shape index (κ3) is 12.2. The average Bonchev–Trinajstić information content (AvgIpc) is 3.00. The van der Waals surface area contributed by atoms with Crippen LogP contribution >= 0.6 is 23.2 Å². The van der Waals surface area contributed by atoms with Crippen LogP contribution in [-0.4, -0.2) is 75.1 Å². The molecule has 1 amide bonds. The first-order valence-electron chi connectivity index (χ1n) is 12.4. The van der Waals surface area contributed by atoms with E-state index >= 15 is 0 Å². The van der Waals surface area contributed by atoms with Gasteiger partial charge in [-0.1, -0.05) is 54.4 Å². The summed E-state index contributed by atoms with van der Waals surface area (Å²) in [4.78, 5) is 26.9. The monoisotopic (exact) mass is 535 g/mol. The molecule has 1 unspecified atom stereocenters. The Kier molecular flexibility index (Phi) is 13.3. The summed E-state index contributed by atoms with van der Waals surface area (Å²) in [6.07, 6.45) is 2.90. The SMILES string of the molecule is CN1CCC(=O)N[C@@H](Cc2ccc(Cl)cc2)C1.COC(=O)CCN(C)CC(C)Cc1ccc(Cl)cc1. The lowest BCUT2D eigenvalue weighted by molar-refractivity contribution is -0.141. The van der Waals surface area contributed by atoms with Crippen LogP contribution in [0.3, 0.4) is 0 Å². The van der Waals surface area contributed by atoms with E-state index < -0.39 is 0 Å². The number of likely N-dealkylation sites (N-methyl/N-ethyl adjacent to an activating group) is 1. The summed E-state index contributed by atoms with van der Waals surface area (Å²) in [6, 6.07) is 16.0. The maximum absolute atomic E-state index is 11.5. The van der Waals surface area contributed by atoms with Crippen molar-refractivity contribution in [3.8, 4) is 0 Å². The van der Waals surface area contributed by atoms with Gasteiger partial charge in [0.2, 0.25) is 5.91 Å². The minimum Gasteiger partial charge on any atom is -0.469 e. The van der Waals surface area contributed by atoms with Crippen LogP contribution in [0, 0.1) is 5.92 Å². The fourth-order valence-electron chi connectivity index (χ4n) is 4.22. The normalized spacial score (nSPS) is 17.0. The highest BCUT2D eigenvalue weighted by Crippen LogP contribution is 2.14. The number of methoxy groups -OCH3 is 1. The van der Waals surface area contributed by atoms with Gasteiger partial charge in [0.15, 0.2) is 0 Å². The number of rotatable bonds is 9. The van der Waals surface area contributed by atoms with E-state index in [0.29, 0.717) is 18.8 Å². The van der Waals surface area contributed by atoms with Crippen molar-refractivity contribution in [2.24, 2.45) is 5.92 Å². The van der Waals surface area contributed by atoms with Crippen molar-refractivity contribution < 1.29 is 14.3 Å². The minimum absolute atomic E-state index is 0.147. The van der Waals surface area contributed by atoms with Gasteiger partial charge in [-0.3, -0.25) is 9.59 Å². The fourth-order valence-corrected chi connectivity index (χ4v) is 4.47. The van der Waals surface area contributed by atoms with Crippen molar-refractivity contribution in [3.63, 3.8) is 0 Å².